The predicted octanol–water partition coefficient (Wildman–Crippen LogP) is 1.40. The lowest BCUT2D eigenvalue weighted by atomic mass is 10.2. The van der Waals surface area contributed by atoms with Crippen molar-refractivity contribution in [3.63, 3.8) is 0 Å². The van der Waals surface area contributed by atoms with Gasteiger partial charge < -0.3 is 10.1 Å². The Hall–Kier alpha value is 0.0400. The fraction of sp³-hybridized carbons (Fsp3) is 0.857. The maximum Gasteiger partial charge on any atom is 0.256 e. The molecule has 2 nitrogen and oxygen atoms in total. The van der Waals surface area contributed by atoms with E-state index in [4.69, 9.17) is 17.0 Å². The van der Waals surface area contributed by atoms with Crippen LogP contribution in [0.2, 0.25) is 0 Å². The monoisotopic (exact) mass is 191 g/mol. The summed E-state index contributed by atoms with van der Waals surface area (Å²) < 4.78 is 5.40. The highest BCUT2D eigenvalue weighted by Crippen LogP contribution is 2.10. The first-order chi connectivity index (χ1) is 5.33. The van der Waals surface area contributed by atoms with Crippen molar-refractivity contribution in [3.05, 3.63) is 0 Å². The molecule has 0 amide bonds. The van der Waals surface area contributed by atoms with Gasteiger partial charge in [-0.3, -0.25) is 0 Å². The van der Waals surface area contributed by atoms with Crippen LogP contribution in [0.4, 0.5) is 0 Å². The molecule has 1 fully saturated rings. The first-order valence-electron chi connectivity index (χ1n) is 3.76. The first-order valence-corrected chi connectivity index (χ1v) is 5.56. The van der Waals surface area contributed by atoms with E-state index in [1.807, 2.05) is 11.8 Å². The molecule has 1 heterocycles. The first kappa shape index (κ1) is 9.13. The zero-order valence-electron chi connectivity index (χ0n) is 6.63. The Bertz CT molecular complexity index is 140. The molecular weight excluding hydrogens is 178 g/mol. The van der Waals surface area contributed by atoms with E-state index in [1.165, 1.54) is 0 Å². The summed E-state index contributed by atoms with van der Waals surface area (Å²) >= 11 is 6.75. The number of nitrogens with one attached hydrogen (secondary N) is 1. The smallest absolute Gasteiger partial charge is 0.256 e. The maximum absolute atomic E-state index is 5.40. The van der Waals surface area contributed by atoms with Crippen molar-refractivity contribution in [2.24, 2.45) is 0 Å². The minimum absolute atomic E-state index is 0.358. The van der Waals surface area contributed by atoms with Gasteiger partial charge in [-0.15, -0.1) is 0 Å². The Morgan fingerprint density at radius 1 is 1.82 bits per heavy atom. The number of ether oxygens (including phenoxy) is 1. The zero-order valence-corrected chi connectivity index (χ0v) is 8.26. The zero-order chi connectivity index (χ0) is 8.10. The highest BCUT2D eigenvalue weighted by atomic mass is 32.2. The summed E-state index contributed by atoms with van der Waals surface area (Å²) in [5.74, 6) is 1.16. The molecule has 11 heavy (non-hydrogen) atoms. The molecule has 1 rings (SSSR count). The normalized spacial score (nSPS) is 24.1. The molecule has 0 aromatic heterocycles. The quantitative estimate of drug-likeness (QED) is 0.681. The SMILES string of the molecule is CSCCC1CCNC(=S)O1. The van der Waals surface area contributed by atoms with Gasteiger partial charge in [-0.1, -0.05) is 0 Å². The van der Waals surface area contributed by atoms with Gasteiger partial charge in [0.1, 0.15) is 6.10 Å². The fourth-order valence-corrected chi connectivity index (χ4v) is 1.78. The summed E-state index contributed by atoms with van der Waals surface area (Å²) in [5.41, 5.74) is 0. The second kappa shape index (κ2) is 4.83. The van der Waals surface area contributed by atoms with Crippen molar-refractivity contribution >= 4 is 29.2 Å². The van der Waals surface area contributed by atoms with Crippen LogP contribution in [0.15, 0.2) is 0 Å². The van der Waals surface area contributed by atoms with E-state index in [-0.39, 0.29) is 0 Å². The number of thiocarbonyl (C=S) groups is 1. The van der Waals surface area contributed by atoms with Gasteiger partial charge in [0.25, 0.3) is 5.17 Å². The van der Waals surface area contributed by atoms with Crippen molar-refractivity contribution in [2.75, 3.05) is 18.6 Å². The van der Waals surface area contributed by atoms with Gasteiger partial charge in [0, 0.05) is 13.0 Å². The maximum atomic E-state index is 5.40. The summed E-state index contributed by atoms with van der Waals surface area (Å²) in [5, 5.41) is 3.56. The second-order valence-corrected chi connectivity index (χ2v) is 3.88. The molecule has 4 heteroatoms. The molecule has 1 saturated heterocycles. The number of hydrogen-bond acceptors (Lipinski definition) is 3. The number of thioether (sulfide) groups is 1. The van der Waals surface area contributed by atoms with Crippen molar-refractivity contribution in [2.45, 2.75) is 18.9 Å². The Labute approximate surface area is 77.1 Å². The third kappa shape index (κ3) is 3.29. The molecular formula is C7H13NOS2. The minimum Gasteiger partial charge on any atom is -0.468 e. The van der Waals surface area contributed by atoms with Crippen LogP contribution in [0, 0.1) is 0 Å². The molecule has 0 aromatic rings. The van der Waals surface area contributed by atoms with E-state index in [0.717, 1.165) is 25.1 Å². The largest absolute Gasteiger partial charge is 0.468 e. The minimum atomic E-state index is 0.358. The van der Waals surface area contributed by atoms with Crippen LogP contribution in [0.3, 0.4) is 0 Å². The Kier molecular flexibility index (Phi) is 4.01. The van der Waals surface area contributed by atoms with Crippen molar-refractivity contribution < 1.29 is 4.74 Å². The van der Waals surface area contributed by atoms with E-state index >= 15 is 0 Å². The van der Waals surface area contributed by atoms with Gasteiger partial charge in [-0.25, -0.2) is 0 Å². The number of hydrogen-bond donors (Lipinski definition) is 1. The summed E-state index contributed by atoms with van der Waals surface area (Å²) in [6.45, 7) is 0.970. The molecule has 0 aliphatic carbocycles. The third-order valence-corrected chi connectivity index (χ3v) is 2.54. The molecule has 64 valence electrons. The molecule has 0 spiro atoms. The molecule has 1 aliphatic heterocycles. The summed E-state index contributed by atoms with van der Waals surface area (Å²) in [6.07, 6.45) is 4.67. The van der Waals surface area contributed by atoms with Gasteiger partial charge in [0.2, 0.25) is 0 Å². The van der Waals surface area contributed by atoms with Crippen molar-refractivity contribution in [1.82, 2.24) is 5.32 Å². The molecule has 0 radical (unpaired) electrons. The standard InChI is InChI=1S/C7H13NOS2/c1-11-5-3-6-2-4-8-7(10)9-6/h6H,2-5H2,1H3,(H,8,10). The molecule has 1 aliphatic rings. The van der Waals surface area contributed by atoms with Crippen LogP contribution in [-0.4, -0.2) is 29.8 Å². The Morgan fingerprint density at radius 3 is 3.27 bits per heavy atom. The fourth-order valence-electron chi connectivity index (χ4n) is 1.04. The predicted molar refractivity (Wildman–Crippen MR) is 53.1 cm³/mol. The molecule has 1 unspecified atom stereocenters. The van der Waals surface area contributed by atoms with Crippen molar-refractivity contribution in [3.8, 4) is 0 Å². The molecule has 0 bridgehead atoms. The van der Waals surface area contributed by atoms with Crippen LogP contribution < -0.4 is 5.32 Å². The lowest BCUT2D eigenvalue weighted by Gasteiger charge is -2.24. The lowest BCUT2D eigenvalue weighted by molar-refractivity contribution is 0.152. The average molecular weight is 191 g/mol. The number of rotatable bonds is 3. The molecule has 0 aromatic carbocycles. The molecule has 1 N–H and O–H groups in total. The van der Waals surface area contributed by atoms with Crippen molar-refractivity contribution in [1.29, 1.82) is 0 Å². The summed E-state index contributed by atoms with van der Waals surface area (Å²) in [6, 6.07) is 0. The summed E-state index contributed by atoms with van der Waals surface area (Å²) in [7, 11) is 0. The van der Waals surface area contributed by atoms with Gasteiger partial charge in [-0.2, -0.15) is 11.8 Å². The van der Waals surface area contributed by atoms with Crippen LogP contribution in [-0.2, 0) is 4.74 Å². The van der Waals surface area contributed by atoms with E-state index in [2.05, 4.69) is 11.6 Å². The van der Waals surface area contributed by atoms with Crippen LogP contribution in [0.25, 0.3) is 0 Å². The highest BCUT2D eigenvalue weighted by Gasteiger charge is 2.15. The van der Waals surface area contributed by atoms with Gasteiger partial charge in [0.15, 0.2) is 0 Å². The van der Waals surface area contributed by atoms with E-state index in [1.54, 1.807) is 0 Å². The van der Waals surface area contributed by atoms with Crippen LogP contribution >= 0.6 is 24.0 Å². The summed E-state index contributed by atoms with van der Waals surface area (Å²) in [4.78, 5) is 0. The molecule has 1 atom stereocenters. The van der Waals surface area contributed by atoms with E-state index in [0.29, 0.717) is 11.3 Å². The van der Waals surface area contributed by atoms with Crippen LogP contribution in [0.5, 0.6) is 0 Å². The Balaban J connectivity index is 2.17. The van der Waals surface area contributed by atoms with E-state index < -0.39 is 0 Å². The average Bonchev–Trinajstić information content (AvgIpc) is 2.01. The van der Waals surface area contributed by atoms with Crippen LogP contribution in [0.1, 0.15) is 12.8 Å². The highest BCUT2D eigenvalue weighted by molar-refractivity contribution is 7.98. The van der Waals surface area contributed by atoms with Gasteiger partial charge in [-0.05, 0) is 30.6 Å². The van der Waals surface area contributed by atoms with Gasteiger partial charge in [0.05, 0.1) is 0 Å². The second-order valence-electron chi connectivity index (χ2n) is 2.52. The Morgan fingerprint density at radius 2 is 2.64 bits per heavy atom. The third-order valence-electron chi connectivity index (χ3n) is 1.65. The van der Waals surface area contributed by atoms with Gasteiger partial charge >= 0.3 is 0 Å². The molecule has 0 saturated carbocycles. The lowest BCUT2D eigenvalue weighted by Crippen LogP contribution is -2.37. The van der Waals surface area contributed by atoms with E-state index in [9.17, 15) is 0 Å². The topological polar surface area (TPSA) is 21.3 Å².